The van der Waals surface area contributed by atoms with Crippen molar-refractivity contribution in [3.8, 4) is 22.6 Å². The quantitative estimate of drug-likeness (QED) is 0.321. The number of aliphatic carboxylic acids is 1. The lowest BCUT2D eigenvalue weighted by atomic mass is 9.98. The molecule has 2 heterocycles. The van der Waals surface area contributed by atoms with E-state index < -0.39 is 12.0 Å². The molecule has 0 radical (unpaired) electrons. The highest BCUT2D eigenvalue weighted by Gasteiger charge is 2.19. The first kappa shape index (κ1) is 26.0. The van der Waals surface area contributed by atoms with E-state index in [1.165, 1.54) is 5.56 Å². The molecule has 0 aliphatic carbocycles. The van der Waals surface area contributed by atoms with Crippen LogP contribution in [0.15, 0.2) is 35.9 Å². The number of carboxylic acid groups (broad SMARTS) is 1. The highest BCUT2D eigenvalue weighted by Crippen LogP contribution is 2.35. The van der Waals surface area contributed by atoms with E-state index >= 15 is 0 Å². The average Bonchev–Trinajstić information content (AvgIpc) is 3.33. The summed E-state index contributed by atoms with van der Waals surface area (Å²) in [6.07, 6.45) is 5.78. The molecule has 1 aliphatic heterocycles. The summed E-state index contributed by atoms with van der Waals surface area (Å²) in [5, 5.41) is 29.6. The van der Waals surface area contributed by atoms with Gasteiger partial charge in [-0.1, -0.05) is 6.07 Å². The third-order valence-electron chi connectivity index (χ3n) is 5.92. The zero-order valence-electron chi connectivity index (χ0n) is 19.5. The summed E-state index contributed by atoms with van der Waals surface area (Å²) in [6, 6.07) is 13.2. The highest BCUT2D eigenvalue weighted by atomic mass is 32.1. The van der Waals surface area contributed by atoms with Gasteiger partial charge in [-0.05, 0) is 73.6 Å². The van der Waals surface area contributed by atoms with Gasteiger partial charge in [0.15, 0.2) is 0 Å². The number of hydrogen-bond acceptors (Lipinski definition) is 7. The number of fused-ring (bicyclic) bond motifs is 1. The molecule has 1 aromatic heterocycles. The molecule has 35 heavy (non-hydrogen) atoms. The highest BCUT2D eigenvalue weighted by molar-refractivity contribution is 7.16. The van der Waals surface area contributed by atoms with E-state index in [0.29, 0.717) is 38.8 Å². The van der Waals surface area contributed by atoms with Gasteiger partial charge in [-0.15, -0.1) is 11.3 Å². The Labute approximate surface area is 209 Å². The normalized spacial score (nSPS) is 13.2. The lowest BCUT2D eigenvalue weighted by Gasteiger charge is -2.31. The van der Waals surface area contributed by atoms with Crippen molar-refractivity contribution in [2.75, 3.05) is 24.5 Å². The Bertz CT molecular complexity index is 1160. The van der Waals surface area contributed by atoms with Gasteiger partial charge in [-0.3, -0.25) is 9.59 Å². The Morgan fingerprint density at radius 2 is 2.03 bits per heavy atom. The summed E-state index contributed by atoms with van der Waals surface area (Å²) in [7, 11) is 0. The van der Waals surface area contributed by atoms with E-state index in [2.05, 4.69) is 28.4 Å². The molecule has 0 saturated carbocycles. The Morgan fingerprint density at radius 1 is 1.23 bits per heavy atom. The Kier molecular flexibility index (Phi) is 9.42. The number of hydrogen-bond donors (Lipinski definition) is 3. The number of nitrogens with zero attached hydrogens (tertiary/aromatic N) is 3. The molecule has 1 aliphatic rings. The second-order valence-corrected chi connectivity index (χ2v) is 9.57. The molecule has 0 fully saturated rings. The molecule has 1 atom stereocenters. The molecule has 8 nitrogen and oxygen atoms in total. The number of nitrogens with one attached hydrogen (secondary N) is 1. The van der Waals surface area contributed by atoms with Crippen LogP contribution in [-0.4, -0.2) is 42.7 Å². The van der Waals surface area contributed by atoms with Crippen molar-refractivity contribution < 1.29 is 14.7 Å². The molecule has 9 heteroatoms. The van der Waals surface area contributed by atoms with Crippen molar-refractivity contribution in [3.63, 3.8) is 0 Å². The monoisotopic (exact) mass is 491 g/mol. The minimum Gasteiger partial charge on any atom is -0.480 e. The average molecular weight is 492 g/mol. The van der Waals surface area contributed by atoms with Crippen LogP contribution in [-0.2, 0) is 16.0 Å². The standard InChI is InChI=1S/C26H29N5O3S/c27-16-18(17-28)14-21-7-9-24(35-21)20-6-8-23-19(15-20)4-3-12-31(23)13-10-25(32)30-11-2-1-5-22(29)26(33)34/h6-9,14-15,22H,1-5,10-13,29H2,(H,30,32)(H,33,34). The van der Waals surface area contributed by atoms with E-state index in [4.69, 9.17) is 21.4 Å². The zero-order chi connectivity index (χ0) is 25.2. The van der Waals surface area contributed by atoms with Gasteiger partial charge in [-0.2, -0.15) is 10.5 Å². The largest absolute Gasteiger partial charge is 0.480 e. The van der Waals surface area contributed by atoms with Gasteiger partial charge in [0.1, 0.15) is 23.8 Å². The van der Waals surface area contributed by atoms with E-state index in [1.807, 2.05) is 24.3 Å². The van der Waals surface area contributed by atoms with Crippen molar-refractivity contribution >= 4 is 35.0 Å². The fraction of sp³-hybridized carbons (Fsp3) is 0.385. The van der Waals surface area contributed by atoms with Crippen molar-refractivity contribution in [1.82, 2.24) is 5.32 Å². The van der Waals surface area contributed by atoms with Gasteiger partial charge in [0.2, 0.25) is 5.91 Å². The van der Waals surface area contributed by atoms with Crippen LogP contribution in [0.3, 0.4) is 0 Å². The first-order chi connectivity index (χ1) is 16.9. The second kappa shape index (κ2) is 12.7. The summed E-state index contributed by atoms with van der Waals surface area (Å²) in [4.78, 5) is 27.2. The smallest absolute Gasteiger partial charge is 0.320 e. The van der Waals surface area contributed by atoms with Crippen molar-refractivity contribution in [2.24, 2.45) is 5.73 Å². The maximum atomic E-state index is 12.3. The zero-order valence-corrected chi connectivity index (χ0v) is 20.3. The van der Waals surface area contributed by atoms with Gasteiger partial charge >= 0.3 is 5.97 Å². The predicted octanol–water partition coefficient (Wildman–Crippen LogP) is 3.69. The molecular weight excluding hydrogens is 462 g/mol. The number of amides is 1. The van der Waals surface area contributed by atoms with Gasteiger partial charge in [-0.25, -0.2) is 0 Å². The van der Waals surface area contributed by atoms with Crippen LogP contribution in [0.1, 0.15) is 42.5 Å². The van der Waals surface area contributed by atoms with Crippen LogP contribution < -0.4 is 16.0 Å². The van der Waals surface area contributed by atoms with Crippen LogP contribution in [0.5, 0.6) is 0 Å². The Hall–Kier alpha value is -3.66. The number of allylic oxidation sites excluding steroid dienone is 1. The number of rotatable bonds is 11. The van der Waals surface area contributed by atoms with Crippen LogP contribution in [0.25, 0.3) is 16.5 Å². The SMILES string of the molecule is N#CC(C#N)=Cc1ccc(-c2ccc3c(c2)CCCN3CCC(=O)NCCCCC(N)C(=O)O)s1. The number of unbranched alkanes of at least 4 members (excludes halogenated alkanes) is 1. The van der Waals surface area contributed by atoms with Gasteiger partial charge in [0.25, 0.3) is 0 Å². The molecule has 0 saturated heterocycles. The fourth-order valence-electron chi connectivity index (χ4n) is 4.04. The van der Waals surface area contributed by atoms with Crippen LogP contribution in [0, 0.1) is 22.7 Å². The molecule has 1 aromatic carbocycles. The lowest BCUT2D eigenvalue weighted by Crippen LogP contribution is -2.34. The van der Waals surface area contributed by atoms with E-state index in [0.717, 1.165) is 40.4 Å². The van der Waals surface area contributed by atoms with E-state index in [1.54, 1.807) is 17.4 Å². The van der Waals surface area contributed by atoms with Crippen LogP contribution in [0.4, 0.5) is 5.69 Å². The first-order valence-corrected chi connectivity index (χ1v) is 12.5. The fourth-order valence-corrected chi connectivity index (χ4v) is 4.99. The number of carboxylic acids is 1. The third-order valence-corrected chi connectivity index (χ3v) is 7.00. The molecule has 182 valence electrons. The number of nitrogens with two attached hydrogens (primary N) is 1. The predicted molar refractivity (Wildman–Crippen MR) is 137 cm³/mol. The number of benzene rings is 1. The Morgan fingerprint density at radius 3 is 2.77 bits per heavy atom. The van der Waals surface area contributed by atoms with Gasteiger partial charge in [0.05, 0.1) is 0 Å². The van der Waals surface area contributed by atoms with Crippen LogP contribution in [0.2, 0.25) is 0 Å². The number of carbonyl (C=O) groups excluding carboxylic acids is 1. The minimum absolute atomic E-state index is 0.00967. The second-order valence-electron chi connectivity index (χ2n) is 8.46. The third kappa shape index (κ3) is 7.41. The lowest BCUT2D eigenvalue weighted by molar-refractivity contribution is -0.138. The maximum absolute atomic E-state index is 12.3. The molecule has 4 N–H and O–H groups in total. The number of carbonyl (C=O) groups is 2. The number of anilines is 1. The molecule has 3 rings (SSSR count). The van der Waals surface area contributed by atoms with Crippen molar-refractivity contribution in [2.45, 2.75) is 44.6 Å². The van der Waals surface area contributed by atoms with E-state index in [-0.39, 0.29) is 11.5 Å². The molecule has 1 amide bonds. The topological polar surface area (TPSA) is 143 Å². The molecular formula is C26H29N5O3S. The summed E-state index contributed by atoms with van der Waals surface area (Å²) in [5.74, 6) is -1.00. The van der Waals surface area contributed by atoms with Gasteiger partial charge < -0.3 is 21.1 Å². The summed E-state index contributed by atoms with van der Waals surface area (Å²) < 4.78 is 0. The maximum Gasteiger partial charge on any atom is 0.320 e. The summed E-state index contributed by atoms with van der Waals surface area (Å²) in [6.45, 7) is 2.07. The summed E-state index contributed by atoms with van der Waals surface area (Å²) >= 11 is 1.54. The number of aryl methyl sites for hydroxylation is 1. The van der Waals surface area contributed by atoms with Gasteiger partial charge in [0, 0.05) is 41.5 Å². The molecule has 0 bridgehead atoms. The Balaban J connectivity index is 1.53. The number of thiophene rings is 1. The molecule has 0 spiro atoms. The van der Waals surface area contributed by atoms with Crippen molar-refractivity contribution in [1.29, 1.82) is 10.5 Å². The molecule has 1 unspecified atom stereocenters. The first-order valence-electron chi connectivity index (χ1n) is 11.7. The van der Waals surface area contributed by atoms with E-state index in [9.17, 15) is 9.59 Å². The molecule has 2 aromatic rings. The van der Waals surface area contributed by atoms with Crippen LogP contribution >= 0.6 is 11.3 Å². The summed E-state index contributed by atoms with van der Waals surface area (Å²) in [5.41, 5.74) is 9.09. The van der Waals surface area contributed by atoms with Crippen molar-refractivity contribution in [3.05, 3.63) is 46.3 Å². The number of nitriles is 2. The minimum atomic E-state index is -0.995.